The van der Waals surface area contributed by atoms with Gasteiger partial charge in [0.2, 0.25) is 0 Å². The smallest absolute Gasteiger partial charge is 0.503 e. The summed E-state index contributed by atoms with van der Waals surface area (Å²) in [5, 5.41) is 5.31. The van der Waals surface area contributed by atoms with Crippen LogP contribution >= 0.6 is 0 Å². The standard InChI is InChI=1S/C52H36N4O.Pd/c1-31-13-11-14-32(2)50(31)41-29-40-37-24-22-35(57-36-23-25-39-38-17-5-7-19-45(38)55(47(39)28-36)49-21-9-10-26-53-49)27-43(37)52-54-44-18-6-8-20-46(44)56(52)48(40)30-42(41)51-33(3)15-12-16-34(51)4;/h5-26,29-30H,1-4H3;/q-2;+2. The van der Waals surface area contributed by atoms with Crippen molar-refractivity contribution in [3.05, 3.63) is 180 Å². The molecule has 11 aromatic rings. The zero-order valence-electron chi connectivity index (χ0n) is 32.4. The van der Waals surface area contributed by atoms with Crippen LogP contribution in [0.3, 0.4) is 0 Å². The van der Waals surface area contributed by atoms with Crippen LogP contribution in [0, 0.1) is 39.8 Å². The normalized spacial score (nSPS) is 11.7. The van der Waals surface area contributed by atoms with Crippen molar-refractivity contribution in [1.29, 1.82) is 0 Å². The second kappa shape index (κ2) is 13.8. The van der Waals surface area contributed by atoms with E-state index < -0.39 is 0 Å². The van der Waals surface area contributed by atoms with Crippen LogP contribution in [0.2, 0.25) is 0 Å². The molecule has 0 amide bonds. The van der Waals surface area contributed by atoms with Crippen molar-refractivity contribution in [2.45, 2.75) is 27.7 Å². The summed E-state index contributed by atoms with van der Waals surface area (Å²) in [5.74, 6) is 2.02. The van der Waals surface area contributed by atoms with Crippen molar-refractivity contribution < 1.29 is 25.2 Å². The Morgan fingerprint density at radius 2 is 1.14 bits per heavy atom. The molecule has 0 aliphatic rings. The van der Waals surface area contributed by atoms with Crippen LogP contribution in [0.4, 0.5) is 0 Å². The summed E-state index contributed by atoms with van der Waals surface area (Å²) in [7, 11) is 0. The number of nitrogens with zero attached hydrogens (tertiary/aromatic N) is 4. The Balaban J connectivity index is 0.00000408. The Morgan fingerprint density at radius 1 is 0.517 bits per heavy atom. The molecule has 0 atom stereocenters. The molecule has 0 aliphatic carbocycles. The molecule has 0 radical (unpaired) electrons. The summed E-state index contributed by atoms with van der Waals surface area (Å²) in [6.45, 7) is 8.86. The van der Waals surface area contributed by atoms with Gasteiger partial charge in [0.05, 0.1) is 16.7 Å². The number of aromatic nitrogens is 4. The molecule has 7 aromatic carbocycles. The molecule has 0 aliphatic heterocycles. The zero-order valence-corrected chi connectivity index (χ0v) is 33.9. The fourth-order valence-electron chi connectivity index (χ4n) is 9.03. The third-order valence-corrected chi connectivity index (χ3v) is 11.5. The van der Waals surface area contributed by atoms with Gasteiger partial charge >= 0.3 is 20.4 Å². The van der Waals surface area contributed by atoms with E-state index >= 15 is 0 Å². The fraction of sp³-hybridized carbons (Fsp3) is 0.0769. The first-order chi connectivity index (χ1) is 27.9. The Bertz CT molecular complexity index is 3390. The molecular weight excluding hydrogens is 803 g/mol. The van der Waals surface area contributed by atoms with E-state index in [1.54, 1.807) is 0 Å². The van der Waals surface area contributed by atoms with Crippen molar-refractivity contribution in [2.75, 3.05) is 0 Å². The Morgan fingerprint density at radius 3 is 1.84 bits per heavy atom. The molecule has 4 aromatic heterocycles. The number of pyridine rings is 2. The topological polar surface area (TPSA) is 44.3 Å². The molecule has 4 heterocycles. The number of para-hydroxylation sites is 3. The van der Waals surface area contributed by atoms with E-state index in [1.165, 1.54) is 44.5 Å². The predicted molar refractivity (Wildman–Crippen MR) is 234 cm³/mol. The molecule has 0 saturated carbocycles. The van der Waals surface area contributed by atoms with Gasteiger partial charge in [-0.2, -0.15) is 6.07 Å². The van der Waals surface area contributed by atoms with E-state index in [0.717, 1.165) is 66.0 Å². The first-order valence-corrected chi connectivity index (χ1v) is 19.3. The van der Waals surface area contributed by atoms with Gasteiger partial charge in [-0.05, 0) is 119 Å². The second-order valence-electron chi connectivity index (χ2n) is 15.0. The van der Waals surface area contributed by atoms with E-state index in [9.17, 15) is 0 Å². The van der Waals surface area contributed by atoms with Crippen molar-refractivity contribution in [3.63, 3.8) is 0 Å². The Hall–Kier alpha value is -6.58. The molecule has 0 bridgehead atoms. The maximum atomic E-state index is 6.66. The minimum atomic E-state index is 0. The quantitative estimate of drug-likeness (QED) is 0.0985. The maximum absolute atomic E-state index is 6.66. The fourth-order valence-corrected chi connectivity index (χ4v) is 9.03. The molecule has 6 heteroatoms. The van der Waals surface area contributed by atoms with Gasteiger partial charge in [-0.15, -0.1) is 29.7 Å². The van der Waals surface area contributed by atoms with Gasteiger partial charge in [0.25, 0.3) is 0 Å². The molecular formula is C52H36N4OPd. The Kier molecular flexibility index (Phi) is 8.53. The summed E-state index contributed by atoms with van der Waals surface area (Å²) in [4.78, 5) is 9.95. The van der Waals surface area contributed by atoms with Gasteiger partial charge in [0.15, 0.2) is 0 Å². The van der Waals surface area contributed by atoms with Gasteiger partial charge in [-0.3, -0.25) is 4.98 Å². The third-order valence-electron chi connectivity index (χ3n) is 11.5. The maximum Gasteiger partial charge on any atom is 2.00 e. The number of rotatable bonds is 5. The van der Waals surface area contributed by atoms with Crippen LogP contribution in [0.15, 0.2) is 146 Å². The second-order valence-corrected chi connectivity index (χ2v) is 15.0. The monoisotopic (exact) mass is 838 g/mol. The van der Waals surface area contributed by atoms with Crippen molar-refractivity contribution in [2.24, 2.45) is 0 Å². The van der Waals surface area contributed by atoms with Gasteiger partial charge in [-0.25, -0.2) is 4.98 Å². The van der Waals surface area contributed by atoms with Crippen LogP contribution < -0.4 is 4.74 Å². The van der Waals surface area contributed by atoms with E-state index in [0.29, 0.717) is 11.5 Å². The molecule has 0 N–H and O–H groups in total. The molecule has 0 unspecified atom stereocenters. The molecule has 11 rings (SSSR count). The Labute approximate surface area is 349 Å². The minimum Gasteiger partial charge on any atom is -0.503 e. The van der Waals surface area contributed by atoms with Crippen LogP contribution in [0.5, 0.6) is 11.5 Å². The summed E-state index contributed by atoms with van der Waals surface area (Å²) in [6, 6.07) is 56.2. The number of fused-ring (bicyclic) bond motifs is 11. The van der Waals surface area contributed by atoms with Gasteiger partial charge in [-0.1, -0.05) is 101 Å². The summed E-state index contributed by atoms with van der Waals surface area (Å²) in [5.41, 5.74) is 15.8. The van der Waals surface area contributed by atoms with Crippen LogP contribution in [-0.4, -0.2) is 18.9 Å². The van der Waals surface area contributed by atoms with Crippen molar-refractivity contribution >= 4 is 60.2 Å². The van der Waals surface area contributed by atoms with E-state index in [-0.39, 0.29) is 20.4 Å². The van der Waals surface area contributed by atoms with Gasteiger partial charge in [0.1, 0.15) is 5.82 Å². The molecule has 0 fully saturated rings. The average Bonchev–Trinajstić information content (AvgIpc) is 3.78. The molecule has 280 valence electrons. The molecule has 0 saturated heterocycles. The molecule has 58 heavy (non-hydrogen) atoms. The first kappa shape index (κ1) is 35.8. The number of benzene rings is 7. The zero-order chi connectivity index (χ0) is 38.4. The molecule has 5 nitrogen and oxygen atoms in total. The van der Waals surface area contributed by atoms with E-state index in [4.69, 9.17) is 14.7 Å². The van der Waals surface area contributed by atoms with E-state index in [1.807, 2.05) is 36.5 Å². The largest absolute Gasteiger partial charge is 2.00 e. The number of hydrogen-bond donors (Lipinski definition) is 0. The van der Waals surface area contributed by atoms with Crippen LogP contribution in [0.25, 0.3) is 88.2 Å². The van der Waals surface area contributed by atoms with Gasteiger partial charge < -0.3 is 13.7 Å². The first-order valence-electron chi connectivity index (χ1n) is 19.3. The average molecular weight is 839 g/mol. The van der Waals surface area contributed by atoms with Crippen molar-refractivity contribution in [1.82, 2.24) is 18.9 Å². The number of imidazole rings is 1. The van der Waals surface area contributed by atoms with Crippen molar-refractivity contribution in [3.8, 4) is 39.6 Å². The van der Waals surface area contributed by atoms with Crippen LogP contribution in [-0.2, 0) is 20.4 Å². The number of aryl methyl sites for hydroxylation is 4. The summed E-state index contributed by atoms with van der Waals surface area (Å²) < 4.78 is 11.1. The molecule has 0 spiro atoms. The summed E-state index contributed by atoms with van der Waals surface area (Å²) >= 11 is 0. The summed E-state index contributed by atoms with van der Waals surface area (Å²) in [6.07, 6.45) is 1.82. The number of ether oxygens (including phenoxy) is 1. The number of hydrogen-bond acceptors (Lipinski definition) is 3. The van der Waals surface area contributed by atoms with Crippen LogP contribution in [0.1, 0.15) is 22.3 Å². The predicted octanol–water partition coefficient (Wildman–Crippen LogP) is 13.2. The SMILES string of the molecule is Cc1cccc(C)c1-c1cc2c3ccc(Oc4[c-]c5c(cc4)c4ccccc4n5-c4ccccn4)[c-]c3c3nc4ccccc4n3c2cc1-c1c(C)cccc1C.[Pd+2]. The van der Waals surface area contributed by atoms with Gasteiger partial charge in [0, 0.05) is 28.7 Å². The third kappa shape index (κ3) is 5.48. The van der Waals surface area contributed by atoms with E-state index in [2.05, 4.69) is 158 Å². The minimum absolute atomic E-state index is 0.